The molecule has 0 N–H and O–H groups in total. The Labute approximate surface area is 193 Å². The monoisotopic (exact) mass is 466 g/mol. The Morgan fingerprint density at radius 3 is 2.53 bits per heavy atom. The van der Waals surface area contributed by atoms with Gasteiger partial charge in [0.1, 0.15) is 18.0 Å². The molecule has 8 heteroatoms. The van der Waals surface area contributed by atoms with Crippen molar-refractivity contribution in [1.29, 1.82) is 0 Å². The first-order chi connectivity index (χ1) is 15.5. The van der Waals surface area contributed by atoms with Gasteiger partial charge in [-0.1, -0.05) is 47.2 Å². The van der Waals surface area contributed by atoms with Crippen LogP contribution in [0.3, 0.4) is 0 Å². The van der Waals surface area contributed by atoms with Gasteiger partial charge in [-0.3, -0.25) is 9.59 Å². The molecule has 4 aromatic rings. The largest absolute Gasteiger partial charge is 0.468 e. The van der Waals surface area contributed by atoms with Crippen molar-refractivity contribution in [1.82, 2.24) is 4.57 Å². The highest BCUT2D eigenvalue weighted by Gasteiger charge is 2.16. The standard InChI is InChI=1S/C24H19ClN2O4S/c1-15-19(25)11-12-20-22(15)27(14-21(28)30-2)24(32-20)26-23(29)16-7-6-10-18(13-16)31-17-8-4-3-5-9-17/h3-13H,14H2,1-2H3. The number of carbonyl (C=O) groups excluding carboxylic acids is 2. The van der Waals surface area contributed by atoms with Gasteiger partial charge in [0.15, 0.2) is 4.80 Å². The van der Waals surface area contributed by atoms with Crippen LogP contribution in [0.15, 0.2) is 71.7 Å². The lowest BCUT2D eigenvalue weighted by molar-refractivity contribution is -0.141. The number of rotatable bonds is 5. The number of methoxy groups -OCH3 is 1. The molecule has 3 aromatic carbocycles. The van der Waals surface area contributed by atoms with Crippen molar-refractivity contribution in [2.75, 3.05) is 7.11 Å². The molecule has 1 amide bonds. The molecule has 0 saturated heterocycles. The van der Waals surface area contributed by atoms with Crippen LogP contribution in [-0.4, -0.2) is 23.6 Å². The first-order valence-corrected chi connectivity index (χ1v) is 10.9. The lowest BCUT2D eigenvalue weighted by atomic mass is 10.2. The number of benzene rings is 3. The summed E-state index contributed by atoms with van der Waals surface area (Å²) in [6, 6.07) is 19.8. The number of hydrogen-bond acceptors (Lipinski definition) is 5. The number of ether oxygens (including phenoxy) is 2. The van der Waals surface area contributed by atoms with Crippen LogP contribution in [0, 0.1) is 6.92 Å². The number of esters is 1. The van der Waals surface area contributed by atoms with Gasteiger partial charge in [-0.2, -0.15) is 4.99 Å². The van der Waals surface area contributed by atoms with E-state index < -0.39 is 11.9 Å². The fraction of sp³-hybridized carbons (Fsp3) is 0.125. The minimum atomic E-state index is -0.448. The molecule has 0 spiro atoms. The Morgan fingerprint density at radius 2 is 1.78 bits per heavy atom. The maximum atomic E-state index is 13.0. The lowest BCUT2D eigenvalue weighted by Gasteiger charge is -2.07. The van der Waals surface area contributed by atoms with Crippen LogP contribution in [0.5, 0.6) is 11.5 Å². The maximum Gasteiger partial charge on any atom is 0.325 e. The van der Waals surface area contributed by atoms with E-state index in [1.54, 1.807) is 34.9 Å². The molecule has 162 valence electrons. The first-order valence-electron chi connectivity index (χ1n) is 9.73. The Bertz CT molecular complexity index is 1380. The zero-order valence-corrected chi connectivity index (χ0v) is 18.9. The van der Waals surface area contributed by atoms with E-state index in [-0.39, 0.29) is 6.54 Å². The molecule has 0 atom stereocenters. The van der Waals surface area contributed by atoms with E-state index in [0.29, 0.717) is 26.9 Å². The summed E-state index contributed by atoms with van der Waals surface area (Å²) < 4.78 is 13.2. The number of halogens is 1. The van der Waals surface area contributed by atoms with Crippen LogP contribution in [0.2, 0.25) is 5.02 Å². The van der Waals surface area contributed by atoms with Crippen molar-refractivity contribution in [2.24, 2.45) is 4.99 Å². The summed E-state index contributed by atoms with van der Waals surface area (Å²) in [6.07, 6.45) is 0. The predicted molar refractivity (Wildman–Crippen MR) is 124 cm³/mol. The van der Waals surface area contributed by atoms with Crippen LogP contribution in [-0.2, 0) is 16.1 Å². The summed E-state index contributed by atoms with van der Waals surface area (Å²) in [7, 11) is 1.32. The van der Waals surface area contributed by atoms with Gasteiger partial charge in [0, 0.05) is 10.6 Å². The van der Waals surface area contributed by atoms with Gasteiger partial charge >= 0.3 is 5.97 Å². The SMILES string of the molecule is COC(=O)Cn1c(=NC(=O)c2cccc(Oc3ccccc3)c2)sc2ccc(Cl)c(C)c21. The van der Waals surface area contributed by atoms with E-state index in [2.05, 4.69) is 4.99 Å². The Kier molecular flexibility index (Phi) is 6.39. The van der Waals surface area contributed by atoms with Crippen LogP contribution in [0.25, 0.3) is 10.2 Å². The molecule has 0 aliphatic rings. The minimum Gasteiger partial charge on any atom is -0.468 e. The van der Waals surface area contributed by atoms with E-state index in [9.17, 15) is 9.59 Å². The molecular formula is C24H19ClN2O4S. The average molecular weight is 467 g/mol. The van der Waals surface area contributed by atoms with Gasteiger partial charge in [0.2, 0.25) is 0 Å². The molecule has 0 aliphatic heterocycles. The van der Waals surface area contributed by atoms with Crippen molar-refractivity contribution in [3.8, 4) is 11.5 Å². The fourth-order valence-electron chi connectivity index (χ4n) is 3.21. The van der Waals surface area contributed by atoms with Gasteiger partial charge < -0.3 is 14.0 Å². The molecule has 0 unspecified atom stereocenters. The summed E-state index contributed by atoms with van der Waals surface area (Å²) in [6.45, 7) is 1.78. The third kappa shape index (κ3) is 4.59. The highest BCUT2D eigenvalue weighted by atomic mass is 35.5. The van der Waals surface area contributed by atoms with Crippen molar-refractivity contribution >= 4 is 45.0 Å². The molecule has 4 rings (SSSR count). The molecule has 0 fully saturated rings. The van der Waals surface area contributed by atoms with E-state index in [1.165, 1.54) is 18.4 Å². The number of amides is 1. The van der Waals surface area contributed by atoms with Crippen LogP contribution < -0.4 is 9.54 Å². The van der Waals surface area contributed by atoms with Gasteiger partial charge in [0.05, 0.1) is 17.3 Å². The number of carbonyl (C=O) groups is 2. The van der Waals surface area contributed by atoms with Gasteiger partial charge in [-0.25, -0.2) is 0 Å². The predicted octanol–water partition coefficient (Wildman–Crippen LogP) is 5.37. The van der Waals surface area contributed by atoms with Gasteiger partial charge in [0.25, 0.3) is 5.91 Å². The summed E-state index contributed by atoms with van der Waals surface area (Å²) in [5, 5.41) is 0.567. The maximum absolute atomic E-state index is 13.0. The second kappa shape index (κ2) is 9.38. The lowest BCUT2D eigenvalue weighted by Crippen LogP contribution is -2.22. The van der Waals surface area contributed by atoms with Crippen molar-refractivity contribution < 1.29 is 19.1 Å². The van der Waals surface area contributed by atoms with Gasteiger partial charge in [-0.15, -0.1) is 0 Å². The number of fused-ring (bicyclic) bond motifs is 1. The molecule has 32 heavy (non-hydrogen) atoms. The third-order valence-corrected chi connectivity index (χ3v) is 6.25. The van der Waals surface area contributed by atoms with Crippen LogP contribution in [0.1, 0.15) is 15.9 Å². The highest BCUT2D eigenvalue weighted by molar-refractivity contribution is 7.16. The zero-order chi connectivity index (χ0) is 22.7. The Balaban J connectivity index is 1.75. The Hall–Kier alpha value is -3.42. The number of hydrogen-bond donors (Lipinski definition) is 0. The minimum absolute atomic E-state index is 0.0824. The quantitative estimate of drug-likeness (QED) is 0.371. The number of para-hydroxylation sites is 1. The van der Waals surface area contributed by atoms with Crippen molar-refractivity contribution in [3.05, 3.63) is 87.7 Å². The number of aryl methyl sites for hydroxylation is 1. The zero-order valence-electron chi connectivity index (χ0n) is 17.4. The second-order valence-corrected chi connectivity index (χ2v) is 8.34. The number of aromatic nitrogens is 1. The summed E-state index contributed by atoms with van der Waals surface area (Å²) in [5.41, 5.74) is 1.92. The van der Waals surface area contributed by atoms with E-state index >= 15 is 0 Å². The molecule has 6 nitrogen and oxygen atoms in total. The highest BCUT2D eigenvalue weighted by Crippen LogP contribution is 2.27. The molecule has 0 bridgehead atoms. The average Bonchev–Trinajstić information content (AvgIpc) is 3.14. The summed E-state index contributed by atoms with van der Waals surface area (Å²) in [4.78, 5) is 29.7. The molecule has 0 saturated carbocycles. The molecule has 0 radical (unpaired) electrons. The molecule has 1 aromatic heterocycles. The van der Waals surface area contributed by atoms with E-state index in [4.69, 9.17) is 21.1 Å². The summed E-state index contributed by atoms with van der Waals surface area (Å²) in [5.74, 6) is 0.300. The van der Waals surface area contributed by atoms with Crippen LogP contribution >= 0.6 is 22.9 Å². The van der Waals surface area contributed by atoms with Crippen molar-refractivity contribution in [2.45, 2.75) is 13.5 Å². The fourth-order valence-corrected chi connectivity index (χ4v) is 4.45. The topological polar surface area (TPSA) is 69.9 Å². The molecule has 0 aliphatic carbocycles. The normalized spacial score (nSPS) is 11.5. The molecular weight excluding hydrogens is 448 g/mol. The van der Waals surface area contributed by atoms with Crippen LogP contribution in [0.4, 0.5) is 0 Å². The van der Waals surface area contributed by atoms with E-state index in [1.807, 2.05) is 43.3 Å². The summed E-state index contributed by atoms with van der Waals surface area (Å²) >= 11 is 7.60. The van der Waals surface area contributed by atoms with Gasteiger partial charge in [-0.05, 0) is 55.0 Å². The Morgan fingerprint density at radius 1 is 1.03 bits per heavy atom. The van der Waals surface area contributed by atoms with E-state index in [0.717, 1.165) is 15.8 Å². The third-order valence-electron chi connectivity index (χ3n) is 4.80. The molecule has 1 heterocycles. The number of thiazole rings is 1. The first kappa shape index (κ1) is 21.8. The smallest absolute Gasteiger partial charge is 0.325 e. The van der Waals surface area contributed by atoms with Crippen molar-refractivity contribution in [3.63, 3.8) is 0 Å². The second-order valence-electron chi connectivity index (χ2n) is 6.93. The number of nitrogens with zero attached hydrogens (tertiary/aromatic N) is 2.